The van der Waals surface area contributed by atoms with Crippen molar-refractivity contribution in [2.75, 3.05) is 24.5 Å². The van der Waals surface area contributed by atoms with E-state index in [0.717, 1.165) is 29.6 Å². The van der Waals surface area contributed by atoms with Crippen molar-refractivity contribution in [1.29, 1.82) is 0 Å². The summed E-state index contributed by atoms with van der Waals surface area (Å²) in [7, 11) is 0. The molecule has 3 aromatic rings. The van der Waals surface area contributed by atoms with Gasteiger partial charge in [0.15, 0.2) is 11.3 Å². The number of hydrogen-bond acceptors (Lipinski definition) is 6. The summed E-state index contributed by atoms with van der Waals surface area (Å²) in [5, 5.41) is 9.36. The first-order chi connectivity index (χ1) is 19.1. The van der Waals surface area contributed by atoms with Gasteiger partial charge in [-0.3, -0.25) is 4.79 Å². The molecule has 0 aromatic carbocycles. The van der Waals surface area contributed by atoms with E-state index < -0.39 is 11.5 Å². The topological polar surface area (TPSA) is 99.8 Å². The normalized spacial score (nSPS) is 19.5. The third kappa shape index (κ3) is 5.70. The molecule has 1 saturated heterocycles. The van der Waals surface area contributed by atoms with Gasteiger partial charge in [-0.1, -0.05) is 34.6 Å². The molecule has 0 bridgehead atoms. The summed E-state index contributed by atoms with van der Waals surface area (Å²) in [4.78, 5) is 38.9. The molecule has 8 nitrogen and oxygen atoms in total. The summed E-state index contributed by atoms with van der Waals surface area (Å²) in [6.07, 6.45) is 4.64. The number of anilines is 1. The van der Waals surface area contributed by atoms with Crippen LogP contribution in [0.15, 0.2) is 28.7 Å². The quantitative estimate of drug-likeness (QED) is 0.368. The average Bonchev–Trinajstić information content (AvgIpc) is 3.30. The van der Waals surface area contributed by atoms with Crippen LogP contribution in [0.3, 0.4) is 0 Å². The Labute approximate surface area is 243 Å². The number of aromatic carboxylic acids is 1. The van der Waals surface area contributed by atoms with Crippen LogP contribution in [-0.2, 0) is 5.41 Å². The zero-order chi connectivity index (χ0) is 29.9. The molecular formula is C33H44N4O4. The van der Waals surface area contributed by atoms with Gasteiger partial charge in [-0.15, -0.1) is 0 Å². The maximum absolute atomic E-state index is 13.9. The summed E-state index contributed by atoms with van der Waals surface area (Å²) >= 11 is 0. The molecule has 8 heteroatoms. The molecule has 4 heterocycles. The number of fused-ring (bicyclic) bond motifs is 1. The van der Waals surface area contributed by atoms with Gasteiger partial charge >= 0.3 is 5.97 Å². The molecule has 1 aliphatic carbocycles. The van der Waals surface area contributed by atoms with Crippen molar-refractivity contribution in [1.82, 2.24) is 14.9 Å². The summed E-state index contributed by atoms with van der Waals surface area (Å²) in [5.74, 6) is 0.340. The van der Waals surface area contributed by atoms with Crippen LogP contribution >= 0.6 is 0 Å². The van der Waals surface area contributed by atoms with E-state index in [1.807, 2.05) is 24.8 Å². The number of nitrogens with zero attached hydrogens (tertiary/aromatic N) is 4. The number of piperazine rings is 1. The highest BCUT2D eigenvalue weighted by molar-refractivity contribution is 5.96. The van der Waals surface area contributed by atoms with E-state index >= 15 is 0 Å². The molecule has 41 heavy (non-hydrogen) atoms. The lowest BCUT2D eigenvalue weighted by Crippen LogP contribution is -2.61. The van der Waals surface area contributed by atoms with Crippen molar-refractivity contribution in [3.63, 3.8) is 0 Å². The molecule has 0 spiro atoms. The van der Waals surface area contributed by atoms with Gasteiger partial charge in [0, 0.05) is 42.9 Å². The molecule has 5 rings (SSSR count). The van der Waals surface area contributed by atoms with Crippen LogP contribution in [-0.4, -0.2) is 57.0 Å². The maximum atomic E-state index is 13.9. The van der Waals surface area contributed by atoms with Gasteiger partial charge in [-0.05, 0) is 75.5 Å². The highest BCUT2D eigenvalue weighted by atomic mass is 16.4. The predicted molar refractivity (Wildman–Crippen MR) is 161 cm³/mol. The van der Waals surface area contributed by atoms with E-state index in [-0.39, 0.29) is 16.9 Å². The third-order valence-electron chi connectivity index (χ3n) is 9.05. The van der Waals surface area contributed by atoms with E-state index in [2.05, 4.69) is 50.6 Å². The Morgan fingerprint density at radius 3 is 2.29 bits per heavy atom. The summed E-state index contributed by atoms with van der Waals surface area (Å²) in [6, 6.07) is 7.40. The fraction of sp³-hybridized carbons (Fsp3) is 0.576. The maximum Gasteiger partial charge on any atom is 0.337 e. The number of rotatable bonds is 4. The first-order valence-electron chi connectivity index (χ1n) is 14.8. The van der Waals surface area contributed by atoms with E-state index in [1.54, 1.807) is 19.1 Å². The minimum absolute atomic E-state index is 0.140. The second-order valence-corrected chi connectivity index (χ2v) is 14.4. The second-order valence-electron chi connectivity index (χ2n) is 14.4. The van der Waals surface area contributed by atoms with Crippen LogP contribution in [0.2, 0.25) is 0 Å². The Hall–Kier alpha value is -3.42. The van der Waals surface area contributed by atoms with E-state index in [0.29, 0.717) is 53.8 Å². The Morgan fingerprint density at radius 1 is 1.02 bits per heavy atom. The van der Waals surface area contributed by atoms with Crippen LogP contribution < -0.4 is 4.90 Å². The largest absolute Gasteiger partial charge is 0.478 e. The van der Waals surface area contributed by atoms with Crippen LogP contribution in [0.5, 0.6) is 0 Å². The van der Waals surface area contributed by atoms with Gasteiger partial charge in [0.2, 0.25) is 0 Å². The molecule has 0 unspecified atom stereocenters. The minimum Gasteiger partial charge on any atom is -0.478 e. The molecule has 3 aromatic heterocycles. The lowest BCUT2D eigenvalue weighted by molar-refractivity contribution is 0.0483. The number of aryl methyl sites for hydroxylation is 1. The monoisotopic (exact) mass is 560 g/mol. The van der Waals surface area contributed by atoms with Gasteiger partial charge in [0.25, 0.3) is 5.91 Å². The smallest absolute Gasteiger partial charge is 0.337 e. The summed E-state index contributed by atoms with van der Waals surface area (Å²) in [6.45, 7) is 18.7. The lowest BCUT2D eigenvalue weighted by Gasteiger charge is -2.47. The molecule has 220 valence electrons. The van der Waals surface area contributed by atoms with Crippen LogP contribution in [0.1, 0.15) is 118 Å². The summed E-state index contributed by atoms with van der Waals surface area (Å²) < 4.78 is 6.34. The standard InChI is InChI=1S/C33H44N4O4/c1-20-22(30(39)40)9-10-27(34-20)36-15-16-37(33(7,8)19-36)29(38)26-18-25-28(41-26)23(31(2,3)4)17-24(35-25)21-11-13-32(5,6)14-12-21/h9-10,17-18,21H,11-16,19H2,1-8H3,(H,39,40). The highest BCUT2D eigenvalue weighted by Gasteiger charge is 2.39. The van der Waals surface area contributed by atoms with Crippen molar-refractivity contribution in [3.05, 3.63) is 52.5 Å². The number of furan rings is 1. The molecule has 2 fully saturated rings. The Bertz CT molecular complexity index is 1490. The fourth-order valence-corrected chi connectivity index (χ4v) is 6.42. The zero-order valence-electron chi connectivity index (χ0n) is 25.8. The summed E-state index contributed by atoms with van der Waals surface area (Å²) in [5.41, 5.74) is 4.07. The fourth-order valence-electron chi connectivity index (χ4n) is 6.42. The van der Waals surface area contributed by atoms with Crippen molar-refractivity contribution in [3.8, 4) is 0 Å². The first-order valence-corrected chi connectivity index (χ1v) is 14.8. The van der Waals surface area contributed by atoms with Crippen molar-refractivity contribution < 1.29 is 19.1 Å². The number of carboxylic acid groups (broad SMARTS) is 1. The van der Waals surface area contributed by atoms with Gasteiger partial charge in [-0.2, -0.15) is 0 Å². The highest BCUT2D eigenvalue weighted by Crippen LogP contribution is 2.43. The van der Waals surface area contributed by atoms with Crippen molar-refractivity contribution >= 4 is 28.8 Å². The van der Waals surface area contributed by atoms with Crippen LogP contribution in [0.4, 0.5) is 5.82 Å². The van der Waals surface area contributed by atoms with Gasteiger partial charge in [-0.25, -0.2) is 14.8 Å². The Balaban J connectivity index is 1.41. The number of carboxylic acids is 1. The van der Waals surface area contributed by atoms with Crippen LogP contribution in [0, 0.1) is 12.3 Å². The lowest BCUT2D eigenvalue weighted by atomic mass is 9.72. The van der Waals surface area contributed by atoms with Crippen LogP contribution in [0.25, 0.3) is 11.1 Å². The van der Waals surface area contributed by atoms with Gasteiger partial charge < -0.3 is 19.3 Å². The predicted octanol–water partition coefficient (Wildman–Crippen LogP) is 6.95. The zero-order valence-corrected chi connectivity index (χ0v) is 25.8. The minimum atomic E-state index is -0.984. The average molecular weight is 561 g/mol. The third-order valence-corrected chi connectivity index (χ3v) is 9.05. The molecule has 2 aliphatic rings. The van der Waals surface area contributed by atoms with Gasteiger partial charge in [0.05, 0.1) is 16.8 Å². The molecule has 1 N–H and O–H groups in total. The van der Waals surface area contributed by atoms with Crippen molar-refractivity contribution in [2.45, 2.75) is 97.9 Å². The molecule has 1 amide bonds. The van der Waals surface area contributed by atoms with E-state index in [4.69, 9.17) is 9.40 Å². The number of pyridine rings is 2. The van der Waals surface area contributed by atoms with Gasteiger partial charge in [0.1, 0.15) is 11.3 Å². The Morgan fingerprint density at radius 2 is 1.71 bits per heavy atom. The van der Waals surface area contributed by atoms with E-state index in [1.165, 1.54) is 12.8 Å². The molecular weight excluding hydrogens is 516 g/mol. The molecule has 0 atom stereocenters. The second kappa shape index (κ2) is 10.1. The first kappa shape index (κ1) is 29.1. The number of aromatic nitrogens is 2. The molecule has 1 saturated carbocycles. The number of amides is 1. The van der Waals surface area contributed by atoms with E-state index in [9.17, 15) is 14.7 Å². The SMILES string of the molecule is Cc1nc(N2CCN(C(=O)c3cc4nc(C5CCC(C)(C)CC5)cc(C(C)(C)C)c4o3)C(C)(C)C2)ccc1C(=O)O. The molecule has 0 radical (unpaired) electrons. The molecule has 1 aliphatic heterocycles. The Kier molecular flexibility index (Phi) is 7.19. The van der Waals surface area contributed by atoms with Crippen molar-refractivity contribution in [2.24, 2.45) is 5.41 Å². The number of carbonyl (C=O) groups is 2. The number of carbonyl (C=O) groups excluding carboxylic acids is 1. The number of hydrogen-bond donors (Lipinski definition) is 1.